The van der Waals surface area contributed by atoms with Gasteiger partial charge >= 0.3 is 0 Å². The summed E-state index contributed by atoms with van der Waals surface area (Å²) in [6.45, 7) is 0.878. The zero-order valence-electron chi connectivity index (χ0n) is 9.69. The molecule has 3 heteroatoms. The van der Waals surface area contributed by atoms with Crippen LogP contribution in [-0.4, -0.2) is 9.55 Å². The molecule has 2 nitrogen and oxygen atoms in total. The number of hydrogen-bond acceptors (Lipinski definition) is 1. The smallest absolute Gasteiger partial charge is 0.0954 e. The third-order valence-corrected chi connectivity index (χ3v) is 3.59. The van der Waals surface area contributed by atoms with Gasteiger partial charge in [-0.15, -0.1) is 0 Å². The lowest BCUT2D eigenvalue weighted by atomic mass is 10.0. The predicted octanol–water partition coefficient (Wildman–Crippen LogP) is 3.46. The highest BCUT2D eigenvalue weighted by atomic mass is 35.5. The van der Waals surface area contributed by atoms with Crippen molar-refractivity contribution in [3.8, 4) is 0 Å². The molecule has 2 aromatic rings. The Hall–Kier alpha value is -1.28. The molecule has 88 valence electrons. The second kappa shape index (κ2) is 4.53. The minimum atomic E-state index is 0.802. The lowest BCUT2D eigenvalue weighted by Gasteiger charge is -2.14. The van der Waals surface area contributed by atoms with Crippen LogP contribution in [0.3, 0.4) is 0 Å². The zero-order valence-corrected chi connectivity index (χ0v) is 10.5. The van der Waals surface area contributed by atoms with E-state index in [1.54, 1.807) is 0 Å². The van der Waals surface area contributed by atoms with Crippen molar-refractivity contribution in [2.45, 2.75) is 32.2 Å². The fourth-order valence-corrected chi connectivity index (χ4v) is 2.71. The van der Waals surface area contributed by atoms with Crippen molar-refractivity contribution in [2.75, 3.05) is 0 Å². The Balaban J connectivity index is 1.88. The van der Waals surface area contributed by atoms with Crippen LogP contribution in [0, 0.1) is 0 Å². The van der Waals surface area contributed by atoms with Gasteiger partial charge in [0.05, 0.1) is 12.0 Å². The highest BCUT2D eigenvalue weighted by molar-refractivity contribution is 6.30. The van der Waals surface area contributed by atoms with Crippen molar-refractivity contribution < 1.29 is 0 Å². The molecule has 1 aromatic carbocycles. The molecule has 0 saturated carbocycles. The van der Waals surface area contributed by atoms with Crippen LogP contribution >= 0.6 is 11.6 Å². The second-order valence-electron chi connectivity index (χ2n) is 4.60. The molecule has 1 aliphatic carbocycles. The maximum absolute atomic E-state index is 6.00. The molecule has 17 heavy (non-hydrogen) atoms. The van der Waals surface area contributed by atoms with Crippen molar-refractivity contribution in [3.63, 3.8) is 0 Å². The van der Waals surface area contributed by atoms with Gasteiger partial charge in [0.15, 0.2) is 0 Å². The Kier molecular flexibility index (Phi) is 2.89. The maximum Gasteiger partial charge on any atom is 0.0954 e. The summed E-state index contributed by atoms with van der Waals surface area (Å²) in [5.74, 6) is 0. The summed E-state index contributed by atoms with van der Waals surface area (Å²) in [6, 6.07) is 8.05. The number of imidazole rings is 1. The number of aryl methyl sites for hydroxylation is 1. The monoisotopic (exact) mass is 246 g/mol. The van der Waals surface area contributed by atoms with E-state index in [9.17, 15) is 0 Å². The van der Waals surface area contributed by atoms with Crippen molar-refractivity contribution in [1.82, 2.24) is 9.55 Å². The van der Waals surface area contributed by atoms with Crippen LogP contribution in [0.25, 0.3) is 0 Å². The van der Waals surface area contributed by atoms with E-state index in [0.29, 0.717) is 0 Å². The number of fused-ring (bicyclic) bond motifs is 1. The van der Waals surface area contributed by atoms with Gasteiger partial charge in [-0.25, -0.2) is 4.98 Å². The van der Waals surface area contributed by atoms with Gasteiger partial charge in [-0.3, -0.25) is 0 Å². The first-order valence-electron chi connectivity index (χ1n) is 6.10. The molecule has 0 fully saturated rings. The Labute approximate surface area is 106 Å². The Bertz CT molecular complexity index is 531. The summed E-state index contributed by atoms with van der Waals surface area (Å²) < 4.78 is 2.26. The number of benzene rings is 1. The first-order valence-corrected chi connectivity index (χ1v) is 6.48. The van der Waals surface area contributed by atoms with Crippen LogP contribution in [0.2, 0.25) is 5.02 Å². The van der Waals surface area contributed by atoms with Gasteiger partial charge in [0.2, 0.25) is 0 Å². The van der Waals surface area contributed by atoms with E-state index in [2.05, 4.69) is 15.6 Å². The largest absolute Gasteiger partial charge is 0.330 e. The molecule has 0 atom stereocenters. The van der Waals surface area contributed by atoms with E-state index >= 15 is 0 Å². The molecule has 0 radical (unpaired) electrons. The lowest BCUT2D eigenvalue weighted by Crippen LogP contribution is -2.08. The lowest BCUT2D eigenvalue weighted by molar-refractivity contribution is 0.628. The minimum Gasteiger partial charge on any atom is -0.330 e. The maximum atomic E-state index is 6.00. The van der Waals surface area contributed by atoms with Crippen LogP contribution in [0.15, 0.2) is 30.6 Å². The fraction of sp³-hybridized carbons (Fsp3) is 0.357. The molecule has 0 aliphatic heterocycles. The summed E-state index contributed by atoms with van der Waals surface area (Å²) >= 11 is 6.00. The van der Waals surface area contributed by atoms with Crippen LogP contribution in [0.1, 0.15) is 29.8 Å². The summed E-state index contributed by atoms with van der Waals surface area (Å²) in [4.78, 5) is 4.51. The van der Waals surface area contributed by atoms with E-state index < -0.39 is 0 Å². The third kappa shape index (κ3) is 2.22. The van der Waals surface area contributed by atoms with E-state index in [0.717, 1.165) is 24.4 Å². The third-order valence-electron chi connectivity index (χ3n) is 3.35. The zero-order chi connectivity index (χ0) is 11.7. The van der Waals surface area contributed by atoms with Crippen molar-refractivity contribution >= 4 is 11.6 Å². The molecule has 0 spiro atoms. The van der Waals surface area contributed by atoms with Crippen LogP contribution in [0.4, 0.5) is 0 Å². The van der Waals surface area contributed by atoms with Crippen LogP contribution < -0.4 is 0 Å². The highest BCUT2D eigenvalue weighted by Gasteiger charge is 2.14. The summed E-state index contributed by atoms with van der Waals surface area (Å²) in [7, 11) is 0. The average molecular weight is 247 g/mol. The second-order valence-corrected chi connectivity index (χ2v) is 5.04. The van der Waals surface area contributed by atoms with Gasteiger partial charge in [0.25, 0.3) is 0 Å². The van der Waals surface area contributed by atoms with Gasteiger partial charge in [0.1, 0.15) is 0 Å². The molecule has 1 heterocycles. The van der Waals surface area contributed by atoms with Crippen molar-refractivity contribution in [3.05, 3.63) is 52.6 Å². The molecule has 3 rings (SSSR count). The molecule has 0 amide bonds. The molecular weight excluding hydrogens is 232 g/mol. The topological polar surface area (TPSA) is 17.8 Å². The number of nitrogens with zero attached hydrogens (tertiary/aromatic N) is 2. The molecule has 1 aliphatic rings. The van der Waals surface area contributed by atoms with Gasteiger partial charge in [-0.05, 0) is 43.4 Å². The van der Waals surface area contributed by atoms with E-state index in [1.807, 2.05) is 24.5 Å². The highest BCUT2D eigenvalue weighted by Crippen LogP contribution is 2.21. The van der Waals surface area contributed by atoms with Crippen molar-refractivity contribution in [1.29, 1.82) is 0 Å². The number of aromatic nitrogens is 2. The van der Waals surface area contributed by atoms with Crippen molar-refractivity contribution in [2.24, 2.45) is 0 Å². The first kappa shape index (κ1) is 10.8. The number of rotatable bonds is 2. The molecule has 0 saturated heterocycles. The van der Waals surface area contributed by atoms with E-state index in [4.69, 9.17) is 11.6 Å². The molecular formula is C14H15ClN2. The fourth-order valence-electron chi connectivity index (χ4n) is 2.50. The minimum absolute atomic E-state index is 0.802. The van der Waals surface area contributed by atoms with E-state index in [-0.39, 0.29) is 0 Å². The SMILES string of the molecule is Clc1cccc(Cn2cnc3c2CCCC3)c1. The number of hydrogen-bond donors (Lipinski definition) is 0. The van der Waals surface area contributed by atoms with Gasteiger partial charge in [0, 0.05) is 17.3 Å². The Morgan fingerprint density at radius 1 is 1.24 bits per heavy atom. The summed E-state index contributed by atoms with van der Waals surface area (Å²) in [6.07, 6.45) is 6.83. The molecule has 0 bridgehead atoms. The van der Waals surface area contributed by atoms with Crippen LogP contribution in [-0.2, 0) is 19.4 Å². The average Bonchev–Trinajstić information content (AvgIpc) is 2.73. The standard InChI is InChI=1S/C14H15ClN2/c15-12-5-3-4-11(8-12)9-17-10-16-13-6-1-2-7-14(13)17/h3-5,8,10H,1-2,6-7,9H2. The van der Waals surface area contributed by atoms with E-state index in [1.165, 1.54) is 29.8 Å². The normalized spacial score (nSPS) is 14.6. The Morgan fingerprint density at radius 2 is 2.12 bits per heavy atom. The number of halogens is 1. The predicted molar refractivity (Wildman–Crippen MR) is 69.4 cm³/mol. The summed E-state index contributed by atoms with van der Waals surface area (Å²) in [5, 5.41) is 0.802. The molecule has 1 aromatic heterocycles. The molecule has 0 unspecified atom stereocenters. The van der Waals surface area contributed by atoms with Gasteiger partial charge in [-0.2, -0.15) is 0 Å². The Morgan fingerprint density at radius 3 is 3.00 bits per heavy atom. The summed E-state index contributed by atoms with van der Waals surface area (Å²) in [5.41, 5.74) is 3.94. The first-order chi connectivity index (χ1) is 8.33. The van der Waals surface area contributed by atoms with Crippen LogP contribution in [0.5, 0.6) is 0 Å². The van der Waals surface area contributed by atoms with Gasteiger partial charge < -0.3 is 4.57 Å². The molecule has 0 N–H and O–H groups in total. The quantitative estimate of drug-likeness (QED) is 0.794. The van der Waals surface area contributed by atoms with Gasteiger partial charge in [-0.1, -0.05) is 23.7 Å².